The molecule has 282 valence electrons. The average molecular weight is 743 g/mol. The number of aliphatic hydroxyl groups is 1. The smallest absolute Gasteiger partial charge is 0.245 e. The lowest BCUT2D eigenvalue weighted by Crippen LogP contribution is -2.45. The van der Waals surface area contributed by atoms with E-state index in [4.69, 9.17) is 29.8 Å². The van der Waals surface area contributed by atoms with Crippen LogP contribution in [0.4, 0.5) is 0 Å². The van der Waals surface area contributed by atoms with E-state index in [9.17, 15) is 4.79 Å². The van der Waals surface area contributed by atoms with E-state index in [2.05, 4.69) is 63.6 Å². The second kappa shape index (κ2) is 18.6. The maximum Gasteiger partial charge on any atom is 0.245 e. The summed E-state index contributed by atoms with van der Waals surface area (Å²) in [6.07, 6.45) is 3.90. The molecule has 8 rings (SSSR count). The number of carbonyl (C=O) groups excluding carboxylic acids is 1. The zero-order valence-electron chi connectivity index (χ0n) is 30.1. The Kier molecular flexibility index (Phi) is 13.5. The molecule has 4 aliphatic heterocycles. The van der Waals surface area contributed by atoms with Crippen molar-refractivity contribution < 1.29 is 28.8 Å². The maximum absolute atomic E-state index is 11.3. The van der Waals surface area contributed by atoms with E-state index in [1.165, 1.54) is 11.1 Å². The minimum Gasteiger partial charge on any atom is -0.485 e. The fraction of sp³-hybridized carbons (Fsp3) is 0.405. The first-order valence-corrected chi connectivity index (χ1v) is 18.5. The third kappa shape index (κ3) is 10.4. The van der Waals surface area contributed by atoms with Gasteiger partial charge in [-0.2, -0.15) is 0 Å². The van der Waals surface area contributed by atoms with Crippen molar-refractivity contribution in [3.05, 3.63) is 119 Å². The lowest BCUT2D eigenvalue weighted by Gasteiger charge is -2.32. The summed E-state index contributed by atoms with van der Waals surface area (Å²) < 4.78 is 23.8. The number of aliphatic hydroxyl groups excluding tert-OH is 1. The Morgan fingerprint density at radius 1 is 0.642 bits per heavy atom. The first kappa shape index (κ1) is 38.4. The second-order valence-electron chi connectivity index (χ2n) is 14.1. The average Bonchev–Trinajstić information content (AvgIpc) is 3.20. The molecule has 0 radical (unpaired) electrons. The number of rotatable bonds is 8. The Balaban J connectivity index is 0.000000180. The van der Waals surface area contributed by atoms with Crippen molar-refractivity contribution in [1.82, 2.24) is 15.1 Å². The van der Waals surface area contributed by atoms with E-state index in [0.717, 1.165) is 99.1 Å². The van der Waals surface area contributed by atoms with Crippen molar-refractivity contribution in [2.45, 2.75) is 63.1 Å². The Morgan fingerprint density at radius 2 is 1.06 bits per heavy atom. The van der Waals surface area contributed by atoms with Gasteiger partial charge in [0.2, 0.25) is 5.91 Å². The molecule has 4 N–H and O–H groups in total. The van der Waals surface area contributed by atoms with E-state index in [1.54, 1.807) is 0 Å². The normalized spacial score (nSPS) is 20.3. The molecule has 0 saturated carbocycles. The number of para-hydroxylation sites is 4. The number of carbonyl (C=O) groups is 1. The van der Waals surface area contributed by atoms with Crippen LogP contribution in [0.2, 0.25) is 0 Å². The SMILES string of the molecule is Cl.NC1CCN(Cc2ccc([C@H]3COc4ccccc4O3)cc2)CC1.O=C(CO)NC1CCN(Cc2ccc([C@H]3COc4ccccc4O3)cc2)CC1. The van der Waals surface area contributed by atoms with E-state index in [-0.39, 0.29) is 36.6 Å². The van der Waals surface area contributed by atoms with E-state index in [0.29, 0.717) is 19.3 Å². The third-order valence-corrected chi connectivity index (χ3v) is 10.3. The molecule has 0 aliphatic carbocycles. The van der Waals surface area contributed by atoms with Crippen LogP contribution in [0.5, 0.6) is 23.0 Å². The summed E-state index contributed by atoms with van der Waals surface area (Å²) in [6, 6.07) is 33.4. The van der Waals surface area contributed by atoms with Gasteiger partial charge < -0.3 is 35.1 Å². The number of nitrogens with two attached hydrogens (primary N) is 1. The highest BCUT2D eigenvalue weighted by Crippen LogP contribution is 2.37. The highest BCUT2D eigenvalue weighted by atomic mass is 35.5. The van der Waals surface area contributed by atoms with Crippen LogP contribution >= 0.6 is 12.4 Å². The lowest BCUT2D eigenvalue weighted by atomic mass is 10.0. The van der Waals surface area contributed by atoms with Gasteiger partial charge in [0.1, 0.15) is 19.8 Å². The van der Waals surface area contributed by atoms with Crippen LogP contribution in [0.1, 0.15) is 60.1 Å². The van der Waals surface area contributed by atoms with Crippen LogP contribution in [0.15, 0.2) is 97.1 Å². The van der Waals surface area contributed by atoms with Gasteiger partial charge in [0.05, 0.1) is 0 Å². The van der Waals surface area contributed by atoms with Gasteiger partial charge in [0, 0.05) is 38.3 Å². The molecule has 11 heteroatoms. The predicted octanol–water partition coefficient (Wildman–Crippen LogP) is 5.82. The molecule has 4 aromatic rings. The largest absolute Gasteiger partial charge is 0.485 e. The number of piperidine rings is 2. The Labute approximate surface area is 318 Å². The van der Waals surface area contributed by atoms with Crippen LogP contribution < -0.4 is 30.0 Å². The third-order valence-electron chi connectivity index (χ3n) is 10.3. The quantitative estimate of drug-likeness (QED) is 0.206. The number of halogens is 1. The number of hydrogen-bond acceptors (Lipinski definition) is 9. The monoisotopic (exact) mass is 742 g/mol. The molecule has 0 spiro atoms. The zero-order valence-corrected chi connectivity index (χ0v) is 30.9. The van der Waals surface area contributed by atoms with Crippen LogP contribution in [0.25, 0.3) is 0 Å². The van der Waals surface area contributed by atoms with E-state index >= 15 is 0 Å². The number of likely N-dealkylation sites (tertiary alicyclic amines) is 2. The van der Waals surface area contributed by atoms with E-state index < -0.39 is 6.61 Å². The molecular weight excluding hydrogens is 692 g/mol. The molecule has 0 aromatic heterocycles. The number of hydrogen-bond donors (Lipinski definition) is 3. The molecule has 10 nitrogen and oxygen atoms in total. The second-order valence-corrected chi connectivity index (χ2v) is 14.1. The lowest BCUT2D eigenvalue weighted by molar-refractivity contribution is -0.124. The number of fused-ring (bicyclic) bond motifs is 2. The Hall–Kier alpha value is -4.32. The first-order valence-electron chi connectivity index (χ1n) is 18.5. The highest BCUT2D eigenvalue weighted by Gasteiger charge is 2.25. The van der Waals surface area contributed by atoms with Gasteiger partial charge in [0.25, 0.3) is 0 Å². The molecule has 2 atom stereocenters. The van der Waals surface area contributed by atoms with Crippen molar-refractivity contribution in [1.29, 1.82) is 0 Å². The number of benzene rings is 4. The van der Waals surface area contributed by atoms with Gasteiger partial charge in [-0.1, -0.05) is 72.8 Å². The summed E-state index contributed by atoms with van der Waals surface area (Å²) >= 11 is 0. The van der Waals surface area contributed by atoms with Gasteiger partial charge in [-0.3, -0.25) is 14.6 Å². The topological polar surface area (TPSA) is 119 Å². The molecule has 1 amide bonds. The fourth-order valence-electron chi connectivity index (χ4n) is 7.18. The summed E-state index contributed by atoms with van der Waals surface area (Å²) in [4.78, 5) is 16.2. The van der Waals surface area contributed by atoms with Gasteiger partial charge in [-0.05, 0) is 85.3 Å². The highest BCUT2D eigenvalue weighted by molar-refractivity contribution is 5.85. The minimum atomic E-state index is -0.437. The summed E-state index contributed by atoms with van der Waals surface area (Å²) in [5.41, 5.74) is 10.9. The summed E-state index contributed by atoms with van der Waals surface area (Å²) in [5, 5.41) is 11.7. The maximum atomic E-state index is 11.3. The van der Waals surface area contributed by atoms with Crippen molar-refractivity contribution in [3.63, 3.8) is 0 Å². The molecule has 0 unspecified atom stereocenters. The Morgan fingerprint density at radius 3 is 1.49 bits per heavy atom. The van der Waals surface area contributed by atoms with Gasteiger partial charge in [-0.15, -0.1) is 12.4 Å². The van der Waals surface area contributed by atoms with E-state index in [1.807, 2.05) is 48.5 Å². The number of ether oxygens (including phenoxy) is 4. The van der Waals surface area contributed by atoms with Crippen molar-refractivity contribution in [2.24, 2.45) is 5.73 Å². The van der Waals surface area contributed by atoms with Crippen LogP contribution in [-0.4, -0.2) is 78.9 Å². The van der Waals surface area contributed by atoms with Gasteiger partial charge in [-0.25, -0.2) is 0 Å². The summed E-state index contributed by atoms with van der Waals surface area (Å²) in [6.45, 7) is 6.60. The molecular formula is C42H51ClN4O6. The molecule has 4 aromatic carbocycles. The molecule has 2 fully saturated rings. The van der Waals surface area contributed by atoms with Gasteiger partial charge in [0.15, 0.2) is 35.2 Å². The zero-order chi connectivity index (χ0) is 35.7. The molecule has 4 aliphatic rings. The molecule has 2 saturated heterocycles. The molecule has 53 heavy (non-hydrogen) atoms. The van der Waals surface area contributed by atoms with Gasteiger partial charge >= 0.3 is 0 Å². The van der Waals surface area contributed by atoms with Crippen LogP contribution in [-0.2, 0) is 17.9 Å². The summed E-state index contributed by atoms with van der Waals surface area (Å²) in [5.74, 6) is 2.95. The van der Waals surface area contributed by atoms with Crippen molar-refractivity contribution in [2.75, 3.05) is 46.0 Å². The fourth-order valence-corrected chi connectivity index (χ4v) is 7.18. The van der Waals surface area contributed by atoms with Crippen LogP contribution in [0.3, 0.4) is 0 Å². The number of nitrogens with zero attached hydrogens (tertiary/aromatic N) is 2. The Bertz CT molecular complexity index is 1740. The van der Waals surface area contributed by atoms with Crippen molar-refractivity contribution >= 4 is 18.3 Å². The number of amides is 1. The molecule has 4 heterocycles. The standard InChI is InChI=1S/C22H26N2O4.C20H24N2O2.ClH/c25-14-22(26)23-18-9-11-24(12-10-18)13-16-5-7-17(8-6-16)21-15-27-19-3-1-2-4-20(19)28-21;21-17-9-11-22(12-10-17)13-15-5-7-16(8-6-15)20-14-23-18-3-1-2-4-19(18)24-20;/h1-8,18,21,25H,9-15H2,(H,23,26);1-8,17,20H,9-14,21H2;1H/t21-;20-;/m11./s1. The summed E-state index contributed by atoms with van der Waals surface area (Å²) in [7, 11) is 0. The van der Waals surface area contributed by atoms with Crippen molar-refractivity contribution in [3.8, 4) is 23.0 Å². The van der Waals surface area contributed by atoms with Crippen LogP contribution in [0, 0.1) is 0 Å². The minimum absolute atomic E-state index is 0. The predicted molar refractivity (Wildman–Crippen MR) is 207 cm³/mol. The number of nitrogens with one attached hydrogen (secondary N) is 1. The first-order chi connectivity index (χ1) is 25.5. The molecule has 0 bridgehead atoms.